The molecule has 0 spiro atoms. The molecule has 0 amide bonds. The van der Waals surface area contributed by atoms with Crippen LogP contribution in [0, 0.1) is 6.92 Å². The van der Waals surface area contributed by atoms with Gasteiger partial charge in [-0.1, -0.05) is 18.2 Å². The molecule has 5 heteroatoms. The van der Waals surface area contributed by atoms with Gasteiger partial charge in [0.05, 0.1) is 17.5 Å². The van der Waals surface area contributed by atoms with Crippen LogP contribution < -0.4 is 5.43 Å². The fraction of sp³-hybridized carbons (Fsp3) is 0.0526. The number of hydrogen-bond donors (Lipinski definition) is 2. The summed E-state index contributed by atoms with van der Waals surface area (Å²) in [5.41, 5.74) is 7.08. The molecule has 1 heterocycles. The first-order valence-electron chi connectivity index (χ1n) is 7.50. The second-order valence-corrected chi connectivity index (χ2v) is 5.37. The first-order chi connectivity index (χ1) is 11.6. The molecule has 120 valence electrons. The van der Waals surface area contributed by atoms with E-state index in [0.717, 1.165) is 22.6 Å². The number of carboxylic acid groups (broad SMARTS) is 1. The highest BCUT2D eigenvalue weighted by Crippen LogP contribution is 2.14. The van der Waals surface area contributed by atoms with Gasteiger partial charge in [-0.15, -0.1) is 0 Å². The molecule has 0 aliphatic rings. The summed E-state index contributed by atoms with van der Waals surface area (Å²) in [7, 11) is 0. The lowest BCUT2D eigenvalue weighted by Crippen LogP contribution is -1.96. The van der Waals surface area contributed by atoms with E-state index in [-0.39, 0.29) is 5.56 Å². The number of para-hydroxylation sites is 1. The van der Waals surface area contributed by atoms with Gasteiger partial charge in [-0.25, -0.2) is 4.79 Å². The number of benzene rings is 2. The zero-order chi connectivity index (χ0) is 16.9. The Kier molecular flexibility index (Phi) is 4.43. The van der Waals surface area contributed by atoms with Crippen LogP contribution in [-0.2, 0) is 0 Å². The van der Waals surface area contributed by atoms with Crippen LogP contribution in [-0.4, -0.2) is 21.9 Å². The number of carbonyl (C=O) groups is 1. The normalized spacial score (nSPS) is 10.9. The number of rotatable bonds is 5. The maximum Gasteiger partial charge on any atom is 0.335 e. The van der Waals surface area contributed by atoms with Gasteiger partial charge in [0.15, 0.2) is 0 Å². The number of carboxylic acids is 1. The summed E-state index contributed by atoms with van der Waals surface area (Å²) in [6.07, 6.45) is 3.75. The number of nitrogens with zero attached hydrogens (tertiary/aromatic N) is 2. The number of aryl methyl sites for hydroxylation is 1. The molecule has 0 bridgehead atoms. The van der Waals surface area contributed by atoms with Gasteiger partial charge >= 0.3 is 5.97 Å². The number of anilines is 1. The monoisotopic (exact) mass is 319 g/mol. The van der Waals surface area contributed by atoms with Crippen molar-refractivity contribution in [2.75, 3.05) is 5.43 Å². The van der Waals surface area contributed by atoms with Crippen LogP contribution in [0.3, 0.4) is 0 Å². The van der Waals surface area contributed by atoms with Gasteiger partial charge in [-0.2, -0.15) is 5.10 Å². The van der Waals surface area contributed by atoms with Gasteiger partial charge in [-0.05, 0) is 49.4 Å². The van der Waals surface area contributed by atoms with Crippen LogP contribution in [0.15, 0.2) is 72.0 Å². The molecule has 0 unspecified atom stereocenters. The summed E-state index contributed by atoms with van der Waals surface area (Å²) in [5.74, 6) is -0.942. The molecule has 0 fully saturated rings. The number of nitrogens with one attached hydrogen (secondary N) is 1. The van der Waals surface area contributed by atoms with Crippen molar-refractivity contribution in [1.82, 2.24) is 4.57 Å². The number of aromatic nitrogens is 1. The van der Waals surface area contributed by atoms with Crippen LogP contribution in [0.1, 0.15) is 21.6 Å². The largest absolute Gasteiger partial charge is 0.478 e. The molecule has 3 rings (SSSR count). The Labute approximate surface area is 139 Å². The quantitative estimate of drug-likeness (QED) is 0.553. The highest BCUT2D eigenvalue weighted by Gasteiger charge is 2.03. The molecule has 0 aliphatic carbocycles. The van der Waals surface area contributed by atoms with Crippen LogP contribution >= 0.6 is 0 Å². The van der Waals surface area contributed by atoms with Gasteiger partial charge in [-0.3, -0.25) is 5.43 Å². The topological polar surface area (TPSA) is 66.6 Å². The SMILES string of the molecule is Cc1cc(/C=N/Nc2ccc(C(=O)O)cc2)cn1-c1ccccc1. The van der Waals surface area contributed by atoms with Crippen molar-refractivity contribution >= 4 is 17.9 Å². The molecule has 2 N–H and O–H groups in total. The van der Waals surface area contributed by atoms with Crippen molar-refractivity contribution in [2.45, 2.75) is 6.92 Å². The average molecular weight is 319 g/mol. The molecule has 1 aromatic heterocycles. The zero-order valence-electron chi connectivity index (χ0n) is 13.2. The second-order valence-electron chi connectivity index (χ2n) is 5.37. The standard InChI is InChI=1S/C19H17N3O2/c1-14-11-15(13-22(14)18-5-3-2-4-6-18)12-20-21-17-9-7-16(8-10-17)19(23)24/h2-13,21H,1H3,(H,23,24)/b20-12+. The molecule has 0 radical (unpaired) electrons. The van der Waals surface area contributed by atoms with Crippen LogP contribution in [0.4, 0.5) is 5.69 Å². The number of aromatic carboxylic acids is 1. The van der Waals surface area contributed by atoms with Crippen molar-refractivity contribution in [2.24, 2.45) is 5.10 Å². The predicted octanol–water partition coefficient (Wildman–Crippen LogP) is 3.93. The second kappa shape index (κ2) is 6.83. The highest BCUT2D eigenvalue weighted by atomic mass is 16.4. The Hall–Kier alpha value is -3.34. The predicted molar refractivity (Wildman–Crippen MR) is 95.1 cm³/mol. The summed E-state index contributed by atoms with van der Waals surface area (Å²) >= 11 is 0. The van der Waals surface area contributed by atoms with Crippen molar-refractivity contribution in [3.05, 3.63) is 83.7 Å². The third-order valence-corrected chi connectivity index (χ3v) is 3.61. The van der Waals surface area contributed by atoms with E-state index in [4.69, 9.17) is 5.11 Å². The van der Waals surface area contributed by atoms with Crippen molar-refractivity contribution in [3.8, 4) is 5.69 Å². The lowest BCUT2D eigenvalue weighted by atomic mass is 10.2. The molecule has 2 aromatic carbocycles. The van der Waals surface area contributed by atoms with E-state index in [1.54, 1.807) is 18.3 Å². The Balaban J connectivity index is 1.70. The van der Waals surface area contributed by atoms with Crippen LogP contribution in [0.5, 0.6) is 0 Å². The van der Waals surface area contributed by atoms with Crippen LogP contribution in [0.25, 0.3) is 5.69 Å². The fourth-order valence-electron chi connectivity index (χ4n) is 2.40. The van der Waals surface area contributed by atoms with E-state index in [0.29, 0.717) is 0 Å². The number of hydrogen-bond acceptors (Lipinski definition) is 3. The molecule has 0 saturated heterocycles. The molecule has 0 aliphatic heterocycles. The summed E-state index contributed by atoms with van der Waals surface area (Å²) in [6.45, 7) is 2.04. The molecule has 0 atom stereocenters. The molecule has 3 aromatic rings. The maximum atomic E-state index is 10.8. The Morgan fingerprint density at radius 3 is 2.50 bits per heavy atom. The first-order valence-corrected chi connectivity index (χ1v) is 7.50. The van der Waals surface area contributed by atoms with E-state index in [1.807, 2.05) is 37.4 Å². The van der Waals surface area contributed by atoms with E-state index >= 15 is 0 Å². The third kappa shape index (κ3) is 3.52. The lowest BCUT2D eigenvalue weighted by molar-refractivity contribution is 0.0697. The highest BCUT2D eigenvalue weighted by molar-refractivity contribution is 5.88. The minimum atomic E-state index is -0.942. The minimum Gasteiger partial charge on any atom is -0.478 e. The van der Waals surface area contributed by atoms with Gasteiger partial charge < -0.3 is 9.67 Å². The first kappa shape index (κ1) is 15.6. The molecular weight excluding hydrogens is 302 g/mol. The van der Waals surface area contributed by atoms with Crippen molar-refractivity contribution < 1.29 is 9.90 Å². The zero-order valence-corrected chi connectivity index (χ0v) is 13.2. The molecule has 0 saturated carbocycles. The Morgan fingerprint density at radius 1 is 1.12 bits per heavy atom. The smallest absolute Gasteiger partial charge is 0.335 e. The molecule has 24 heavy (non-hydrogen) atoms. The Morgan fingerprint density at radius 2 is 1.83 bits per heavy atom. The van der Waals surface area contributed by atoms with Crippen molar-refractivity contribution in [3.63, 3.8) is 0 Å². The third-order valence-electron chi connectivity index (χ3n) is 3.61. The van der Waals surface area contributed by atoms with E-state index in [9.17, 15) is 4.79 Å². The number of hydrazone groups is 1. The van der Waals surface area contributed by atoms with E-state index in [2.05, 4.69) is 27.2 Å². The van der Waals surface area contributed by atoms with Gasteiger partial charge in [0.25, 0.3) is 0 Å². The molecular formula is C19H17N3O2. The van der Waals surface area contributed by atoms with Crippen LogP contribution in [0.2, 0.25) is 0 Å². The maximum absolute atomic E-state index is 10.8. The van der Waals surface area contributed by atoms with Crippen molar-refractivity contribution in [1.29, 1.82) is 0 Å². The Bertz CT molecular complexity index is 865. The molecule has 5 nitrogen and oxygen atoms in total. The van der Waals surface area contributed by atoms with E-state index in [1.165, 1.54) is 12.1 Å². The fourth-order valence-corrected chi connectivity index (χ4v) is 2.40. The van der Waals surface area contributed by atoms with Gasteiger partial charge in [0.1, 0.15) is 0 Å². The van der Waals surface area contributed by atoms with Gasteiger partial charge in [0.2, 0.25) is 0 Å². The van der Waals surface area contributed by atoms with Gasteiger partial charge in [0, 0.05) is 23.1 Å². The average Bonchev–Trinajstić information content (AvgIpc) is 2.97. The van der Waals surface area contributed by atoms with E-state index < -0.39 is 5.97 Å². The summed E-state index contributed by atoms with van der Waals surface area (Å²) in [5, 5.41) is 13.1. The lowest BCUT2D eigenvalue weighted by Gasteiger charge is -2.04. The summed E-state index contributed by atoms with van der Waals surface area (Å²) in [4.78, 5) is 10.8. The summed E-state index contributed by atoms with van der Waals surface area (Å²) in [6, 6.07) is 18.6. The summed E-state index contributed by atoms with van der Waals surface area (Å²) < 4.78 is 2.10. The minimum absolute atomic E-state index is 0.250.